The van der Waals surface area contributed by atoms with E-state index in [0.717, 1.165) is 48.8 Å². The molecule has 1 saturated heterocycles. The topological polar surface area (TPSA) is 57.7 Å². The standard InChI is InChI=1S/C19H21N5/c1-14-13-17(7-10-20-14)24-11-8-16(9-12-24)19-21-18(22-23-19)15-5-3-2-4-6-15/h2-7,10,13,16H,8-9,11-12H2,1H3,(H,21,22,23). The number of hydrogen-bond donors (Lipinski definition) is 1. The Bertz CT molecular complexity index is 803. The number of hydrogen-bond acceptors (Lipinski definition) is 4. The Hall–Kier alpha value is -2.69. The number of aromatic amines is 1. The summed E-state index contributed by atoms with van der Waals surface area (Å²) < 4.78 is 0. The van der Waals surface area contributed by atoms with Crippen molar-refractivity contribution in [1.82, 2.24) is 20.2 Å². The van der Waals surface area contributed by atoms with E-state index in [1.807, 2.05) is 43.5 Å². The number of nitrogens with zero attached hydrogens (tertiary/aromatic N) is 4. The zero-order valence-corrected chi connectivity index (χ0v) is 13.8. The Morgan fingerprint density at radius 1 is 1.08 bits per heavy atom. The molecule has 122 valence electrons. The highest BCUT2D eigenvalue weighted by atomic mass is 15.2. The molecule has 0 radical (unpaired) electrons. The zero-order valence-electron chi connectivity index (χ0n) is 13.8. The summed E-state index contributed by atoms with van der Waals surface area (Å²) in [6, 6.07) is 14.4. The van der Waals surface area contributed by atoms with Gasteiger partial charge in [0.2, 0.25) is 0 Å². The van der Waals surface area contributed by atoms with Gasteiger partial charge in [-0.1, -0.05) is 30.3 Å². The first-order valence-corrected chi connectivity index (χ1v) is 8.45. The van der Waals surface area contributed by atoms with Crippen LogP contribution in [-0.2, 0) is 0 Å². The summed E-state index contributed by atoms with van der Waals surface area (Å²) in [6.07, 6.45) is 4.06. The lowest BCUT2D eigenvalue weighted by atomic mass is 9.96. The Kier molecular flexibility index (Phi) is 3.99. The molecular formula is C19H21N5. The van der Waals surface area contributed by atoms with Gasteiger partial charge in [0.15, 0.2) is 5.82 Å². The van der Waals surface area contributed by atoms with Gasteiger partial charge in [-0.05, 0) is 31.9 Å². The van der Waals surface area contributed by atoms with Crippen LogP contribution in [0.15, 0.2) is 48.7 Å². The molecule has 5 heteroatoms. The molecule has 0 unspecified atom stereocenters. The maximum absolute atomic E-state index is 4.72. The summed E-state index contributed by atoms with van der Waals surface area (Å²) in [5.74, 6) is 2.26. The highest BCUT2D eigenvalue weighted by molar-refractivity contribution is 5.54. The van der Waals surface area contributed by atoms with Crippen LogP contribution in [0, 0.1) is 6.92 Å². The first-order chi connectivity index (χ1) is 11.8. The molecule has 1 aliphatic rings. The average Bonchev–Trinajstić information content (AvgIpc) is 3.13. The van der Waals surface area contributed by atoms with Crippen LogP contribution in [0.5, 0.6) is 0 Å². The van der Waals surface area contributed by atoms with E-state index in [2.05, 4.69) is 32.2 Å². The van der Waals surface area contributed by atoms with E-state index >= 15 is 0 Å². The van der Waals surface area contributed by atoms with Gasteiger partial charge in [0, 0.05) is 42.1 Å². The van der Waals surface area contributed by atoms with Gasteiger partial charge in [0.05, 0.1) is 0 Å². The number of anilines is 1. The molecule has 3 heterocycles. The van der Waals surface area contributed by atoms with Gasteiger partial charge < -0.3 is 4.90 Å². The maximum Gasteiger partial charge on any atom is 0.181 e. The molecular weight excluding hydrogens is 298 g/mol. The van der Waals surface area contributed by atoms with Crippen LogP contribution in [0.2, 0.25) is 0 Å². The minimum Gasteiger partial charge on any atom is -0.371 e. The van der Waals surface area contributed by atoms with Crippen LogP contribution in [0.3, 0.4) is 0 Å². The minimum absolute atomic E-state index is 0.453. The number of nitrogens with one attached hydrogen (secondary N) is 1. The monoisotopic (exact) mass is 319 g/mol. The van der Waals surface area contributed by atoms with E-state index < -0.39 is 0 Å². The molecule has 2 aromatic heterocycles. The van der Waals surface area contributed by atoms with Crippen molar-refractivity contribution < 1.29 is 0 Å². The van der Waals surface area contributed by atoms with E-state index in [1.54, 1.807) is 0 Å². The summed E-state index contributed by atoms with van der Waals surface area (Å²) in [7, 11) is 0. The summed E-state index contributed by atoms with van der Waals surface area (Å²) in [4.78, 5) is 11.4. The van der Waals surface area contributed by atoms with E-state index in [9.17, 15) is 0 Å². The van der Waals surface area contributed by atoms with Gasteiger partial charge >= 0.3 is 0 Å². The maximum atomic E-state index is 4.72. The fraction of sp³-hybridized carbons (Fsp3) is 0.316. The third kappa shape index (κ3) is 3.02. The molecule has 0 spiro atoms. The molecule has 24 heavy (non-hydrogen) atoms. The van der Waals surface area contributed by atoms with Gasteiger partial charge in [-0.25, -0.2) is 4.98 Å². The number of piperidine rings is 1. The van der Waals surface area contributed by atoms with Crippen molar-refractivity contribution in [3.05, 3.63) is 60.2 Å². The second-order valence-electron chi connectivity index (χ2n) is 6.33. The lowest BCUT2D eigenvalue weighted by molar-refractivity contribution is 0.487. The van der Waals surface area contributed by atoms with Gasteiger partial charge in [-0.3, -0.25) is 10.1 Å². The summed E-state index contributed by atoms with van der Waals surface area (Å²) in [5, 5.41) is 7.54. The zero-order chi connectivity index (χ0) is 16.4. The molecule has 0 aliphatic carbocycles. The fourth-order valence-corrected chi connectivity index (χ4v) is 3.31. The largest absolute Gasteiger partial charge is 0.371 e. The van der Waals surface area contributed by atoms with Crippen molar-refractivity contribution in [1.29, 1.82) is 0 Å². The highest BCUT2D eigenvalue weighted by Gasteiger charge is 2.23. The molecule has 1 aromatic carbocycles. The third-order valence-corrected chi connectivity index (χ3v) is 4.66. The van der Waals surface area contributed by atoms with E-state index in [4.69, 9.17) is 4.98 Å². The van der Waals surface area contributed by atoms with E-state index in [0.29, 0.717) is 5.92 Å². The second-order valence-corrected chi connectivity index (χ2v) is 6.33. The van der Waals surface area contributed by atoms with Crippen LogP contribution in [0.25, 0.3) is 11.4 Å². The molecule has 1 aliphatic heterocycles. The Balaban J connectivity index is 1.44. The van der Waals surface area contributed by atoms with Crippen LogP contribution >= 0.6 is 0 Å². The molecule has 1 N–H and O–H groups in total. The summed E-state index contributed by atoms with van der Waals surface area (Å²) in [6.45, 7) is 4.11. The predicted octanol–water partition coefficient (Wildman–Crippen LogP) is 3.56. The number of benzene rings is 1. The fourth-order valence-electron chi connectivity index (χ4n) is 3.31. The van der Waals surface area contributed by atoms with Gasteiger partial charge in [0.25, 0.3) is 0 Å². The Morgan fingerprint density at radius 3 is 2.62 bits per heavy atom. The van der Waals surface area contributed by atoms with Crippen molar-refractivity contribution in [2.75, 3.05) is 18.0 Å². The van der Waals surface area contributed by atoms with E-state index in [-0.39, 0.29) is 0 Å². The molecule has 3 aromatic rings. The normalized spacial score (nSPS) is 15.6. The first kappa shape index (κ1) is 14.9. The molecule has 4 rings (SSSR count). The average molecular weight is 319 g/mol. The lowest BCUT2D eigenvalue weighted by Gasteiger charge is -2.32. The third-order valence-electron chi connectivity index (χ3n) is 4.66. The van der Waals surface area contributed by atoms with E-state index in [1.165, 1.54) is 5.69 Å². The molecule has 5 nitrogen and oxygen atoms in total. The second kappa shape index (κ2) is 6.43. The predicted molar refractivity (Wildman–Crippen MR) is 95.0 cm³/mol. The first-order valence-electron chi connectivity index (χ1n) is 8.45. The Labute approximate surface area is 141 Å². The lowest BCUT2D eigenvalue weighted by Crippen LogP contribution is -2.33. The molecule has 0 saturated carbocycles. The summed E-state index contributed by atoms with van der Waals surface area (Å²) >= 11 is 0. The van der Waals surface area contributed by atoms with Gasteiger partial charge in [-0.15, -0.1) is 0 Å². The SMILES string of the molecule is Cc1cc(N2CCC(c3nc(-c4ccccc4)n[nH]3)CC2)ccn1. The molecule has 1 fully saturated rings. The molecule has 0 bridgehead atoms. The van der Waals surface area contributed by atoms with Crippen molar-refractivity contribution >= 4 is 5.69 Å². The number of aryl methyl sites for hydroxylation is 1. The number of rotatable bonds is 3. The minimum atomic E-state index is 0.453. The highest BCUT2D eigenvalue weighted by Crippen LogP contribution is 2.29. The Morgan fingerprint density at radius 2 is 1.88 bits per heavy atom. The number of pyridine rings is 1. The number of aromatic nitrogens is 4. The van der Waals surface area contributed by atoms with Crippen LogP contribution in [0.4, 0.5) is 5.69 Å². The summed E-state index contributed by atoms with van der Waals surface area (Å²) in [5.41, 5.74) is 3.39. The van der Waals surface area contributed by atoms with Crippen LogP contribution in [-0.4, -0.2) is 33.3 Å². The van der Waals surface area contributed by atoms with Crippen LogP contribution in [0.1, 0.15) is 30.3 Å². The quantitative estimate of drug-likeness (QED) is 0.802. The van der Waals surface area contributed by atoms with Crippen molar-refractivity contribution in [3.8, 4) is 11.4 Å². The van der Waals surface area contributed by atoms with Crippen molar-refractivity contribution in [2.45, 2.75) is 25.7 Å². The van der Waals surface area contributed by atoms with Gasteiger partial charge in [-0.2, -0.15) is 5.10 Å². The molecule has 0 amide bonds. The molecule has 0 atom stereocenters. The van der Waals surface area contributed by atoms with Crippen molar-refractivity contribution in [2.24, 2.45) is 0 Å². The van der Waals surface area contributed by atoms with Gasteiger partial charge in [0.1, 0.15) is 5.82 Å². The number of H-pyrrole nitrogens is 1. The van der Waals surface area contributed by atoms with Crippen molar-refractivity contribution in [3.63, 3.8) is 0 Å². The smallest absolute Gasteiger partial charge is 0.181 e. The van der Waals surface area contributed by atoms with Crippen LogP contribution < -0.4 is 4.90 Å².